The molecule has 0 aliphatic carbocycles. The number of fused-ring (bicyclic) bond motifs is 1. The highest BCUT2D eigenvalue weighted by atomic mass is 16.5. The number of aryl methyl sites for hydroxylation is 3. The molecule has 2 heterocycles. The molecule has 0 saturated carbocycles. The molecule has 0 unspecified atom stereocenters. The van der Waals surface area contributed by atoms with Crippen LogP contribution in [0.1, 0.15) is 11.3 Å². The van der Waals surface area contributed by atoms with E-state index < -0.39 is 0 Å². The molecule has 0 aliphatic rings. The molecule has 0 amide bonds. The quantitative estimate of drug-likeness (QED) is 0.563. The lowest BCUT2D eigenvalue weighted by molar-refractivity contribution is 0.432. The van der Waals surface area contributed by atoms with E-state index in [2.05, 4.69) is 15.1 Å². The van der Waals surface area contributed by atoms with Gasteiger partial charge in [0.15, 0.2) is 0 Å². The summed E-state index contributed by atoms with van der Waals surface area (Å²) in [5, 5.41) is 4.07. The second-order valence-electron chi connectivity index (χ2n) is 6.05. The van der Waals surface area contributed by atoms with Crippen LogP contribution in [0, 0.1) is 13.8 Å². The van der Waals surface area contributed by atoms with Crippen LogP contribution in [0.3, 0.4) is 0 Å². The fourth-order valence-corrected chi connectivity index (χ4v) is 2.77. The second kappa shape index (κ2) is 5.66. The average Bonchev–Trinajstić information content (AvgIpc) is 3.10. The van der Waals surface area contributed by atoms with E-state index in [9.17, 15) is 4.79 Å². The molecule has 4 rings (SSSR count). The molecule has 0 N–H and O–H groups in total. The van der Waals surface area contributed by atoms with Crippen molar-refractivity contribution >= 4 is 11.0 Å². The topological polar surface area (TPSA) is 73.8 Å². The summed E-state index contributed by atoms with van der Waals surface area (Å²) in [7, 11) is 1.74. The Bertz CT molecular complexity index is 1140. The third-order valence-electron chi connectivity index (χ3n) is 4.22. The Morgan fingerprint density at radius 2 is 1.68 bits per heavy atom. The minimum Gasteiger partial charge on any atom is -0.334 e. The summed E-state index contributed by atoms with van der Waals surface area (Å²) < 4.78 is 6.98. The van der Waals surface area contributed by atoms with E-state index in [4.69, 9.17) is 4.52 Å². The third kappa shape index (κ3) is 2.61. The van der Waals surface area contributed by atoms with Gasteiger partial charge in [-0.1, -0.05) is 22.9 Å². The van der Waals surface area contributed by atoms with Crippen molar-refractivity contribution in [3.63, 3.8) is 0 Å². The zero-order valence-corrected chi connectivity index (χ0v) is 14.1. The van der Waals surface area contributed by atoms with E-state index in [1.807, 2.05) is 49.4 Å². The van der Waals surface area contributed by atoms with Crippen LogP contribution >= 0.6 is 0 Å². The lowest BCUT2D eigenvalue weighted by Crippen LogP contribution is -2.20. The summed E-state index contributed by atoms with van der Waals surface area (Å²) in [5.74, 6) is 0.963. The SMILES string of the molecule is Cc1ccc(-c2nc(-c3ccc4c(c3)nc(C)c(=O)n4C)no2)cc1. The summed E-state index contributed by atoms with van der Waals surface area (Å²) >= 11 is 0. The number of hydrogen-bond donors (Lipinski definition) is 0. The summed E-state index contributed by atoms with van der Waals surface area (Å²) in [6, 6.07) is 13.5. The predicted octanol–water partition coefficient (Wildman–Crippen LogP) is 3.27. The molecule has 0 spiro atoms. The second-order valence-corrected chi connectivity index (χ2v) is 6.05. The number of rotatable bonds is 2. The number of aromatic nitrogens is 4. The molecule has 4 aromatic rings. The first-order valence-corrected chi connectivity index (χ1v) is 7.91. The van der Waals surface area contributed by atoms with Gasteiger partial charge in [-0.25, -0.2) is 4.98 Å². The Kier molecular flexibility index (Phi) is 3.46. The first-order chi connectivity index (χ1) is 12.0. The van der Waals surface area contributed by atoms with E-state index in [0.29, 0.717) is 17.4 Å². The fourth-order valence-electron chi connectivity index (χ4n) is 2.77. The summed E-state index contributed by atoms with van der Waals surface area (Å²) in [6.07, 6.45) is 0. The van der Waals surface area contributed by atoms with Crippen molar-refractivity contribution in [2.45, 2.75) is 13.8 Å². The molecule has 2 aromatic heterocycles. The third-order valence-corrected chi connectivity index (χ3v) is 4.22. The Hall–Kier alpha value is -3.28. The highest BCUT2D eigenvalue weighted by molar-refractivity contribution is 5.80. The van der Waals surface area contributed by atoms with Crippen molar-refractivity contribution < 1.29 is 4.52 Å². The maximum Gasteiger partial charge on any atom is 0.272 e. The predicted molar refractivity (Wildman–Crippen MR) is 95.2 cm³/mol. The van der Waals surface area contributed by atoms with Crippen LogP contribution in [-0.4, -0.2) is 19.7 Å². The first kappa shape index (κ1) is 15.3. The van der Waals surface area contributed by atoms with Gasteiger partial charge in [-0.05, 0) is 44.2 Å². The standard InChI is InChI=1S/C19H16N4O2/c1-11-4-6-13(7-5-11)18-21-17(22-25-18)14-8-9-16-15(10-14)20-12(2)19(24)23(16)3/h4-10H,1-3H3. The fraction of sp³-hybridized carbons (Fsp3) is 0.158. The maximum absolute atomic E-state index is 12.0. The Morgan fingerprint density at radius 1 is 0.960 bits per heavy atom. The minimum absolute atomic E-state index is 0.0959. The Labute approximate surface area is 143 Å². The Morgan fingerprint density at radius 3 is 2.44 bits per heavy atom. The van der Waals surface area contributed by atoms with Gasteiger partial charge in [-0.15, -0.1) is 0 Å². The van der Waals surface area contributed by atoms with E-state index in [1.165, 1.54) is 5.56 Å². The van der Waals surface area contributed by atoms with Crippen LogP contribution in [0.4, 0.5) is 0 Å². The van der Waals surface area contributed by atoms with Gasteiger partial charge in [0.2, 0.25) is 5.82 Å². The average molecular weight is 332 g/mol. The molecule has 25 heavy (non-hydrogen) atoms. The minimum atomic E-state index is -0.0959. The first-order valence-electron chi connectivity index (χ1n) is 7.91. The van der Waals surface area contributed by atoms with Crippen molar-refractivity contribution in [3.8, 4) is 22.8 Å². The summed E-state index contributed by atoms with van der Waals surface area (Å²) in [6.45, 7) is 3.73. The molecule has 0 fully saturated rings. The zero-order chi connectivity index (χ0) is 17.6. The number of hydrogen-bond acceptors (Lipinski definition) is 5. The van der Waals surface area contributed by atoms with Gasteiger partial charge in [0.05, 0.1) is 11.0 Å². The normalized spacial score (nSPS) is 11.2. The molecule has 0 saturated heterocycles. The number of benzene rings is 2. The van der Waals surface area contributed by atoms with Crippen molar-refractivity contribution in [1.29, 1.82) is 0 Å². The van der Waals surface area contributed by atoms with Crippen LogP contribution in [-0.2, 0) is 7.05 Å². The van der Waals surface area contributed by atoms with Crippen LogP contribution in [0.25, 0.3) is 33.9 Å². The largest absolute Gasteiger partial charge is 0.334 e. The molecular weight excluding hydrogens is 316 g/mol. The highest BCUT2D eigenvalue weighted by Crippen LogP contribution is 2.24. The van der Waals surface area contributed by atoms with Gasteiger partial charge in [0, 0.05) is 18.2 Å². The van der Waals surface area contributed by atoms with E-state index in [-0.39, 0.29) is 5.56 Å². The van der Waals surface area contributed by atoms with Gasteiger partial charge in [0.25, 0.3) is 11.4 Å². The van der Waals surface area contributed by atoms with Crippen molar-refractivity contribution in [1.82, 2.24) is 19.7 Å². The van der Waals surface area contributed by atoms with Crippen molar-refractivity contribution in [3.05, 3.63) is 64.1 Å². The molecule has 0 bridgehead atoms. The monoisotopic (exact) mass is 332 g/mol. The molecule has 0 atom stereocenters. The van der Waals surface area contributed by atoms with Gasteiger partial charge in [-0.3, -0.25) is 4.79 Å². The lowest BCUT2D eigenvalue weighted by atomic mass is 10.1. The molecule has 6 heteroatoms. The van der Waals surface area contributed by atoms with Crippen molar-refractivity contribution in [2.75, 3.05) is 0 Å². The zero-order valence-electron chi connectivity index (χ0n) is 14.1. The number of nitrogens with zero attached hydrogens (tertiary/aromatic N) is 4. The van der Waals surface area contributed by atoms with Gasteiger partial charge < -0.3 is 9.09 Å². The van der Waals surface area contributed by atoms with Crippen LogP contribution in [0.2, 0.25) is 0 Å². The molecule has 6 nitrogen and oxygen atoms in total. The lowest BCUT2D eigenvalue weighted by Gasteiger charge is -2.06. The van der Waals surface area contributed by atoms with Crippen LogP contribution < -0.4 is 5.56 Å². The summed E-state index contributed by atoms with van der Waals surface area (Å²) in [4.78, 5) is 20.8. The molecule has 2 aromatic carbocycles. The van der Waals surface area contributed by atoms with Crippen molar-refractivity contribution in [2.24, 2.45) is 7.05 Å². The van der Waals surface area contributed by atoms with E-state index >= 15 is 0 Å². The smallest absolute Gasteiger partial charge is 0.272 e. The molecular formula is C19H16N4O2. The molecule has 124 valence electrons. The van der Waals surface area contributed by atoms with Gasteiger partial charge in [0.1, 0.15) is 5.69 Å². The Balaban J connectivity index is 1.79. The van der Waals surface area contributed by atoms with Gasteiger partial charge >= 0.3 is 0 Å². The van der Waals surface area contributed by atoms with Crippen LogP contribution in [0.5, 0.6) is 0 Å². The molecule has 0 aliphatic heterocycles. The van der Waals surface area contributed by atoms with Crippen LogP contribution in [0.15, 0.2) is 51.8 Å². The van der Waals surface area contributed by atoms with Gasteiger partial charge in [-0.2, -0.15) is 4.98 Å². The maximum atomic E-state index is 12.0. The highest BCUT2D eigenvalue weighted by Gasteiger charge is 2.12. The van der Waals surface area contributed by atoms with E-state index in [1.54, 1.807) is 18.5 Å². The summed E-state index contributed by atoms with van der Waals surface area (Å²) in [5.41, 5.74) is 4.69. The van der Waals surface area contributed by atoms with E-state index in [0.717, 1.165) is 22.2 Å². The molecule has 0 radical (unpaired) electrons.